The quantitative estimate of drug-likeness (QED) is 0.763. The summed E-state index contributed by atoms with van der Waals surface area (Å²) in [5, 5.41) is 8.95. The fourth-order valence-corrected chi connectivity index (χ4v) is 1.81. The van der Waals surface area contributed by atoms with Crippen LogP contribution < -0.4 is 4.90 Å². The molecule has 0 fully saturated rings. The Morgan fingerprint density at radius 3 is 2.56 bits per heavy atom. The molecule has 92 valence electrons. The number of rotatable bonds is 1. The molecular weight excluding hydrogens is 241 g/mol. The van der Waals surface area contributed by atoms with Gasteiger partial charge in [0, 0.05) is 12.7 Å². The van der Waals surface area contributed by atoms with Crippen LogP contribution in [-0.2, 0) is 6.18 Å². The van der Waals surface area contributed by atoms with Crippen molar-refractivity contribution in [3.05, 3.63) is 53.8 Å². The predicted molar refractivity (Wildman–Crippen MR) is 61.8 cm³/mol. The maximum absolute atomic E-state index is 12.9. The second-order valence-corrected chi connectivity index (χ2v) is 3.73. The number of allylic oxidation sites excluding steroid dienone is 2. The minimum absolute atomic E-state index is 0.0183. The Morgan fingerprint density at radius 1 is 1.22 bits per heavy atom. The molecule has 0 atom stereocenters. The number of benzene rings is 1. The third-order valence-corrected chi connectivity index (χ3v) is 2.56. The van der Waals surface area contributed by atoms with Gasteiger partial charge in [-0.2, -0.15) is 18.4 Å². The van der Waals surface area contributed by atoms with E-state index in [-0.39, 0.29) is 11.3 Å². The summed E-state index contributed by atoms with van der Waals surface area (Å²) in [6, 6.07) is 5.42. The Balaban J connectivity index is 2.59. The van der Waals surface area contributed by atoms with E-state index in [4.69, 9.17) is 5.26 Å². The minimum Gasteiger partial charge on any atom is -0.343 e. The average molecular weight is 250 g/mol. The number of alkyl halides is 3. The van der Waals surface area contributed by atoms with Gasteiger partial charge in [0.15, 0.2) is 0 Å². The first kappa shape index (κ1) is 12.2. The molecule has 0 bridgehead atoms. The lowest BCUT2D eigenvalue weighted by molar-refractivity contribution is -0.137. The van der Waals surface area contributed by atoms with Gasteiger partial charge in [0.1, 0.15) is 6.07 Å². The summed E-state index contributed by atoms with van der Waals surface area (Å²) in [6.45, 7) is 0.318. The molecule has 1 aliphatic rings. The van der Waals surface area contributed by atoms with E-state index in [2.05, 4.69) is 0 Å². The van der Waals surface area contributed by atoms with E-state index in [1.807, 2.05) is 0 Å². The van der Waals surface area contributed by atoms with Crippen LogP contribution in [-0.4, -0.2) is 6.54 Å². The van der Waals surface area contributed by atoms with Crippen molar-refractivity contribution in [2.45, 2.75) is 6.18 Å². The molecule has 0 N–H and O–H groups in total. The lowest BCUT2D eigenvalue weighted by atomic mass is 10.1. The van der Waals surface area contributed by atoms with E-state index >= 15 is 0 Å². The normalized spacial score (nSPS) is 14.7. The fraction of sp³-hybridized carbons (Fsp3) is 0.154. The van der Waals surface area contributed by atoms with Crippen molar-refractivity contribution in [3.8, 4) is 6.07 Å². The molecule has 1 heterocycles. The average Bonchev–Trinajstić information content (AvgIpc) is 2.38. The number of para-hydroxylation sites is 1. The van der Waals surface area contributed by atoms with E-state index in [1.165, 1.54) is 23.2 Å². The second-order valence-electron chi connectivity index (χ2n) is 3.73. The molecule has 1 aromatic rings. The van der Waals surface area contributed by atoms with Crippen LogP contribution in [0.5, 0.6) is 0 Å². The predicted octanol–water partition coefficient (Wildman–Crippen LogP) is 3.47. The second kappa shape index (κ2) is 4.57. The van der Waals surface area contributed by atoms with Crippen LogP contribution >= 0.6 is 0 Å². The first-order chi connectivity index (χ1) is 8.54. The van der Waals surface area contributed by atoms with Gasteiger partial charge >= 0.3 is 6.18 Å². The Kier molecular flexibility index (Phi) is 3.11. The van der Waals surface area contributed by atoms with Crippen LogP contribution in [0.3, 0.4) is 0 Å². The van der Waals surface area contributed by atoms with Gasteiger partial charge in [-0.15, -0.1) is 0 Å². The number of nitriles is 1. The monoisotopic (exact) mass is 250 g/mol. The van der Waals surface area contributed by atoms with E-state index in [1.54, 1.807) is 24.3 Å². The number of anilines is 1. The van der Waals surface area contributed by atoms with Crippen LogP contribution in [0, 0.1) is 11.3 Å². The van der Waals surface area contributed by atoms with Crippen LogP contribution in [0.25, 0.3) is 0 Å². The highest BCUT2D eigenvalue weighted by molar-refractivity contribution is 5.67. The van der Waals surface area contributed by atoms with Gasteiger partial charge in [-0.05, 0) is 18.2 Å². The zero-order chi connectivity index (χ0) is 13.2. The molecule has 0 spiro atoms. The van der Waals surface area contributed by atoms with Crippen molar-refractivity contribution >= 4 is 5.69 Å². The summed E-state index contributed by atoms with van der Waals surface area (Å²) in [5.41, 5.74) is -0.862. The van der Waals surface area contributed by atoms with Gasteiger partial charge in [-0.25, -0.2) is 0 Å². The van der Waals surface area contributed by atoms with E-state index < -0.39 is 11.7 Å². The Labute approximate surface area is 102 Å². The number of hydrogen-bond acceptors (Lipinski definition) is 2. The van der Waals surface area contributed by atoms with E-state index in [0.717, 1.165) is 6.07 Å². The van der Waals surface area contributed by atoms with Crippen LogP contribution in [0.4, 0.5) is 18.9 Å². The molecule has 0 unspecified atom stereocenters. The van der Waals surface area contributed by atoms with Crippen molar-refractivity contribution < 1.29 is 13.2 Å². The summed E-state index contributed by atoms with van der Waals surface area (Å²) < 4.78 is 38.8. The molecule has 0 radical (unpaired) electrons. The topological polar surface area (TPSA) is 27.0 Å². The molecule has 0 aliphatic carbocycles. The highest BCUT2D eigenvalue weighted by Crippen LogP contribution is 2.38. The molecule has 1 aromatic carbocycles. The van der Waals surface area contributed by atoms with Gasteiger partial charge in [0.05, 0.1) is 16.8 Å². The lowest BCUT2D eigenvalue weighted by Crippen LogP contribution is -2.22. The van der Waals surface area contributed by atoms with Crippen molar-refractivity contribution in [3.63, 3.8) is 0 Å². The van der Waals surface area contributed by atoms with Crippen molar-refractivity contribution in [2.24, 2.45) is 0 Å². The number of hydrogen-bond donors (Lipinski definition) is 0. The molecule has 0 saturated carbocycles. The van der Waals surface area contributed by atoms with E-state index in [9.17, 15) is 13.2 Å². The summed E-state index contributed by atoms with van der Waals surface area (Å²) >= 11 is 0. The molecule has 18 heavy (non-hydrogen) atoms. The maximum atomic E-state index is 12.9. The van der Waals surface area contributed by atoms with Crippen LogP contribution in [0.1, 0.15) is 11.1 Å². The third-order valence-electron chi connectivity index (χ3n) is 2.56. The minimum atomic E-state index is -4.48. The van der Waals surface area contributed by atoms with Crippen molar-refractivity contribution in [1.29, 1.82) is 5.26 Å². The number of halogens is 3. The standard InChI is InChI=1S/C13H9F3N2/c14-13(15,16)11-6-4-5-10(9-17)12(11)18-7-2-1-3-8-18/h1-7H,8H2. The molecule has 2 nitrogen and oxygen atoms in total. The van der Waals surface area contributed by atoms with Gasteiger partial charge in [-0.1, -0.05) is 18.2 Å². The van der Waals surface area contributed by atoms with Gasteiger partial charge in [0.25, 0.3) is 0 Å². The smallest absolute Gasteiger partial charge is 0.343 e. The largest absolute Gasteiger partial charge is 0.418 e. The van der Waals surface area contributed by atoms with Crippen LogP contribution in [0.2, 0.25) is 0 Å². The summed E-state index contributed by atoms with van der Waals surface area (Å²) in [6.07, 6.45) is 2.17. The molecule has 5 heteroatoms. The molecule has 0 amide bonds. The molecular formula is C13H9F3N2. The molecule has 1 aliphatic heterocycles. The first-order valence-electron chi connectivity index (χ1n) is 5.24. The van der Waals surface area contributed by atoms with Crippen LogP contribution in [0.15, 0.2) is 42.6 Å². The third kappa shape index (κ3) is 2.23. The fourth-order valence-electron chi connectivity index (χ4n) is 1.81. The van der Waals surface area contributed by atoms with Gasteiger partial charge in [-0.3, -0.25) is 0 Å². The lowest BCUT2D eigenvalue weighted by Gasteiger charge is -2.25. The van der Waals surface area contributed by atoms with E-state index in [0.29, 0.717) is 6.54 Å². The van der Waals surface area contributed by atoms with Gasteiger partial charge in [0.2, 0.25) is 0 Å². The molecule has 2 rings (SSSR count). The summed E-state index contributed by atoms with van der Waals surface area (Å²) in [4.78, 5) is 1.42. The Morgan fingerprint density at radius 2 is 2.00 bits per heavy atom. The zero-order valence-electron chi connectivity index (χ0n) is 9.28. The first-order valence-corrected chi connectivity index (χ1v) is 5.24. The van der Waals surface area contributed by atoms with Crippen molar-refractivity contribution in [1.82, 2.24) is 0 Å². The highest BCUT2D eigenvalue weighted by atomic mass is 19.4. The molecule has 0 saturated heterocycles. The zero-order valence-corrected chi connectivity index (χ0v) is 9.28. The summed E-state index contributed by atoms with van der Waals surface area (Å²) in [5.74, 6) is 0. The highest BCUT2D eigenvalue weighted by Gasteiger charge is 2.35. The maximum Gasteiger partial charge on any atom is 0.418 e. The Bertz CT molecular complexity index is 550. The number of nitrogens with zero attached hydrogens (tertiary/aromatic N) is 2. The SMILES string of the molecule is N#Cc1cccc(C(F)(F)F)c1N1C=CC=CC1. The van der Waals surface area contributed by atoms with Crippen molar-refractivity contribution in [2.75, 3.05) is 11.4 Å². The molecule has 0 aromatic heterocycles. The van der Waals surface area contributed by atoms with Gasteiger partial charge < -0.3 is 4.90 Å². The summed E-state index contributed by atoms with van der Waals surface area (Å²) in [7, 11) is 0. The Hall–Kier alpha value is -2.22.